The smallest absolute Gasteiger partial charge is 0.276 e. The van der Waals surface area contributed by atoms with E-state index < -0.39 is 0 Å². The van der Waals surface area contributed by atoms with Gasteiger partial charge in [0.25, 0.3) is 5.91 Å². The lowest BCUT2D eigenvalue weighted by Crippen LogP contribution is -2.39. The summed E-state index contributed by atoms with van der Waals surface area (Å²) in [4.78, 5) is 15.1. The van der Waals surface area contributed by atoms with Crippen LogP contribution in [0.2, 0.25) is 0 Å². The molecule has 140 valence electrons. The van der Waals surface area contributed by atoms with Gasteiger partial charge >= 0.3 is 0 Å². The van der Waals surface area contributed by atoms with Crippen LogP contribution in [0.5, 0.6) is 0 Å². The topological polar surface area (TPSA) is 99.4 Å². The number of anilines is 1. The zero-order chi connectivity index (χ0) is 18.1. The van der Waals surface area contributed by atoms with Crippen LogP contribution < -0.4 is 5.73 Å². The van der Waals surface area contributed by atoms with Gasteiger partial charge in [-0.25, -0.2) is 0 Å². The van der Waals surface area contributed by atoms with Gasteiger partial charge in [0.05, 0.1) is 18.7 Å². The molecule has 26 heavy (non-hydrogen) atoms. The van der Waals surface area contributed by atoms with E-state index in [4.69, 9.17) is 15.0 Å². The third kappa shape index (κ3) is 3.21. The summed E-state index contributed by atoms with van der Waals surface area (Å²) in [5, 5.41) is 8.38. The summed E-state index contributed by atoms with van der Waals surface area (Å²) in [6.45, 7) is 1.14. The van der Waals surface area contributed by atoms with E-state index in [-0.39, 0.29) is 18.1 Å². The second kappa shape index (κ2) is 7.11. The van der Waals surface area contributed by atoms with Crippen molar-refractivity contribution in [1.29, 1.82) is 0 Å². The highest BCUT2D eigenvalue weighted by Crippen LogP contribution is 2.28. The van der Waals surface area contributed by atoms with Gasteiger partial charge in [0, 0.05) is 31.8 Å². The molecule has 0 aromatic carbocycles. The Balaban J connectivity index is 1.57. The molecule has 8 heteroatoms. The van der Waals surface area contributed by atoms with Crippen LogP contribution in [-0.2, 0) is 24.1 Å². The molecule has 2 aliphatic rings. The van der Waals surface area contributed by atoms with Crippen LogP contribution in [0.25, 0.3) is 0 Å². The molecule has 0 bridgehead atoms. The number of fused-ring (bicyclic) bond motifs is 1. The molecule has 1 aliphatic heterocycles. The Kier molecular flexibility index (Phi) is 4.67. The fourth-order valence-corrected chi connectivity index (χ4v) is 4.03. The maximum atomic E-state index is 13.3. The number of aromatic nitrogens is 3. The molecule has 1 amide bonds. The number of nitrogens with two attached hydrogens (primary N) is 1. The molecule has 0 spiro atoms. The highest BCUT2D eigenvalue weighted by molar-refractivity contribution is 5.94. The summed E-state index contributed by atoms with van der Waals surface area (Å²) in [6, 6.07) is 1.75. The zero-order valence-electron chi connectivity index (χ0n) is 15.1. The lowest BCUT2D eigenvalue weighted by molar-refractivity contribution is 0.0668. The Morgan fingerprint density at radius 1 is 1.38 bits per heavy atom. The minimum atomic E-state index is -0.0680. The number of carbonyl (C=O) groups excluding carboxylic acids is 1. The van der Waals surface area contributed by atoms with Crippen LogP contribution >= 0.6 is 0 Å². The summed E-state index contributed by atoms with van der Waals surface area (Å²) in [5.41, 5.74) is 7.18. The number of ether oxygens (including phenoxy) is 1. The van der Waals surface area contributed by atoms with Gasteiger partial charge in [-0.15, -0.1) is 0 Å². The maximum Gasteiger partial charge on any atom is 0.276 e. The predicted molar refractivity (Wildman–Crippen MR) is 94.6 cm³/mol. The number of hydrogen-bond acceptors (Lipinski definition) is 6. The first-order valence-electron chi connectivity index (χ1n) is 9.26. The lowest BCUT2D eigenvalue weighted by Gasteiger charge is -2.23. The summed E-state index contributed by atoms with van der Waals surface area (Å²) in [5.74, 6) is 1.29. The second-order valence-electron chi connectivity index (χ2n) is 7.16. The molecular weight excluding hydrogens is 334 g/mol. The number of likely N-dealkylation sites (tertiary alicyclic amines) is 1. The Morgan fingerprint density at radius 2 is 2.23 bits per heavy atom. The highest BCUT2D eigenvalue weighted by Gasteiger charge is 2.38. The summed E-state index contributed by atoms with van der Waals surface area (Å²) < 4.78 is 12.8. The molecule has 1 saturated heterocycles. The fraction of sp³-hybridized carbons (Fsp3) is 0.611. The monoisotopic (exact) mass is 359 g/mol. The quantitative estimate of drug-likeness (QED) is 0.833. The van der Waals surface area contributed by atoms with Crippen molar-refractivity contribution in [3.8, 4) is 0 Å². The van der Waals surface area contributed by atoms with Crippen LogP contribution in [0.15, 0.2) is 16.8 Å². The van der Waals surface area contributed by atoms with E-state index in [0.717, 1.165) is 49.8 Å². The van der Waals surface area contributed by atoms with Crippen molar-refractivity contribution in [2.24, 2.45) is 0 Å². The number of carbonyl (C=O) groups is 1. The second-order valence-corrected chi connectivity index (χ2v) is 7.16. The molecule has 3 heterocycles. The third-order valence-electron chi connectivity index (χ3n) is 5.43. The predicted octanol–water partition coefficient (Wildman–Crippen LogP) is 1.65. The molecule has 2 aromatic heterocycles. The Labute approximate surface area is 152 Å². The highest BCUT2D eigenvalue weighted by atomic mass is 16.5. The number of aryl methyl sites for hydroxylation is 1. The summed E-state index contributed by atoms with van der Waals surface area (Å²) in [7, 11) is 1.68. The van der Waals surface area contributed by atoms with Crippen molar-refractivity contribution in [3.05, 3.63) is 29.3 Å². The molecule has 2 aromatic rings. The van der Waals surface area contributed by atoms with E-state index >= 15 is 0 Å². The van der Waals surface area contributed by atoms with E-state index in [9.17, 15) is 4.79 Å². The first kappa shape index (κ1) is 17.1. The van der Waals surface area contributed by atoms with E-state index in [1.807, 2.05) is 11.1 Å². The van der Waals surface area contributed by atoms with Crippen molar-refractivity contribution in [2.45, 2.75) is 57.2 Å². The Morgan fingerprint density at radius 3 is 3.00 bits per heavy atom. The molecule has 1 aliphatic carbocycles. The minimum absolute atomic E-state index is 0.00937. The normalized spacial score (nSPS) is 23.0. The average Bonchev–Trinajstić information content (AvgIpc) is 3.30. The number of methoxy groups -OCH3 is 1. The van der Waals surface area contributed by atoms with Gasteiger partial charge in [0.1, 0.15) is 11.6 Å². The van der Waals surface area contributed by atoms with E-state index in [0.29, 0.717) is 24.6 Å². The van der Waals surface area contributed by atoms with Crippen molar-refractivity contribution >= 4 is 11.7 Å². The molecule has 0 saturated carbocycles. The van der Waals surface area contributed by atoms with Crippen LogP contribution in [0.4, 0.5) is 5.82 Å². The zero-order valence-corrected chi connectivity index (χ0v) is 15.1. The van der Waals surface area contributed by atoms with Crippen LogP contribution in [-0.4, -0.2) is 51.5 Å². The van der Waals surface area contributed by atoms with E-state index in [1.54, 1.807) is 17.9 Å². The number of rotatable bonds is 4. The Hall–Kier alpha value is -2.35. The van der Waals surface area contributed by atoms with Gasteiger partial charge in [-0.3, -0.25) is 9.48 Å². The maximum absolute atomic E-state index is 13.3. The third-order valence-corrected chi connectivity index (χ3v) is 5.43. The van der Waals surface area contributed by atoms with Gasteiger partial charge in [0.2, 0.25) is 0 Å². The first-order chi connectivity index (χ1) is 12.7. The Bertz CT molecular complexity index is 784. The molecule has 1 fully saturated rings. The molecule has 2 N–H and O–H groups in total. The van der Waals surface area contributed by atoms with Gasteiger partial charge in [0.15, 0.2) is 5.69 Å². The molecule has 4 rings (SSSR count). The molecule has 8 nitrogen and oxygen atoms in total. The van der Waals surface area contributed by atoms with Crippen molar-refractivity contribution in [3.63, 3.8) is 0 Å². The molecule has 2 atom stereocenters. The number of nitrogen functional groups attached to an aromatic ring is 1. The SMILES string of the molecule is CO[C@@H]1C[C@@H](Cn2ccc(N)n2)N(C(=O)c2noc3c2CCCCC3)C1. The minimum Gasteiger partial charge on any atom is -0.382 e. The van der Waals surface area contributed by atoms with Gasteiger partial charge < -0.3 is 19.9 Å². The summed E-state index contributed by atoms with van der Waals surface area (Å²) in [6.07, 6.45) is 7.68. The van der Waals surface area contributed by atoms with E-state index in [1.165, 1.54) is 0 Å². The van der Waals surface area contributed by atoms with Gasteiger partial charge in [-0.1, -0.05) is 11.6 Å². The molecule has 0 radical (unpaired) electrons. The first-order valence-corrected chi connectivity index (χ1v) is 9.26. The number of amides is 1. The van der Waals surface area contributed by atoms with Crippen molar-refractivity contribution in [2.75, 3.05) is 19.4 Å². The summed E-state index contributed by atoms with van der Waals surface area (Å²) >= 11 is 0. The number of nitrogens with zero attached hydrogens (tertiary/aromatic N) is 4. The largest absolute Gasteiger partial charge is 0.382 e. The average molecular weight is 359 g/mol. The lowest BCUT2D eigenvalue weighted by atomic mass is 10.1. The van der Waals surface area contributed by atoms with Crippen molar-refractivity contribution < 1.29 is 14.1 Å². The van der Waals surface area contributed by atoms with E-state index in [2.05, 4.69) is 10.3 Å². The fourth-order valence-electron chi connectivity index (χ4n) is 4.03. The van der Waals surface area contributed by atoms with Crippen molar-refractivity contribution in [1.82, 2.24) is 19.8 Å². The number of hydrogen-bond donors (Lipinski definition) is 1. The molecule has 0 unspecified atom stereocenters. The van der Waals surface area contributed by atoms with Gasteiger partial charge in [-0.2, -0.15) is 5.10 Å². The van der Waals surface area contributed by atoms with Crippen LogP contribution in [0.3, 0.4) is 0 Å². The van der Waals surface area contributed by atoms with Gasteiger partial charge in [-0.05, 0) is 31.7 Å². The molecular formula is C18H25N5O3. The van der Waals surface area contributed by atoms with Crippen LogP contribution in [0.1, 0.15) is 47.5 Å². The standard InChI is InChI=1S/C18H25N5O3/c1-25-13-9-12(10-22-8-7-16(19)20-22)23(11-13)18(24)17-14-5-3-2-4-6-15(14)26-21-17/h7-8,12-13H,2-6,9-11H2,1H3,(H2,19,20)/t12-,13+/m0/s1. The van der Waals surface area contributed by atoms with Crippen LogP contribution in [0, 0.1) is 0 Å².